The molecule has 3 nitrogen and oxygen atoms in total. The van der Waals surface area contributed by atoms with E-state index in [4.69, 9.17) is 5.73 Å². The Bertz CT molecular complexity index is 356. The highest BCUT2D eigenvalue weighted by Crippen LogP contribution is 2.29. The van der Waals surface area contributed by atoms with Crippen molar-refractivity contribution in [2.75, 3.05) is 31.1 Å². The first kappa shape index (κ1) is 12.4. The minimum Gasteiger partial charge on any atom is -0.369 e. The predicted octanol–water partition coefficient (Wildman–Crippen LogP) is 1.75. The fourth-order valence-electron chi connectivity index (χ4n) is 2.32. The summed E-state index contributed by atoms with van der Waals surface area (Å²) < 4.78 is 0. The van der Waals surface area contributed by atoms with Gasteiger partial charge in [0.15, 0.2) is 0 Å². The number of hydrogen-bond acceptors (Lipinski definition) is 3. The zero-order chi connectivity index (χ0) is 12.3. The molecule has 1 atom stereocenters. The number of para-hydroxylation sites is 1. The molecule has 1 aliphatic rings. The quantitative estimate of drug-likeness (QED) is 0.836. The highest BCUT2D eigenvalue weighted by atomic mass is 15.2. The van der Waals surface area contributed by atoms with Crippen LogP contribution in [0, 0.1) is 5.92 Å². The number of nitrogens with one attached hydrogen (secondary N) is 1. The van der Waals surface area contributed by atoms with Crippen molar-refractivity contribution in [2.24, 2.45) is 11.7 Å². The topological polar surface area (TPSA) is 41.3 Å². The summed E-state index contributed by atoms with van der Waals surface area (Å²) in [5.74, 6) is 0.471. The van der Waals surface area contributed by atoms with E-state index in [2.05, 4.69) is 48.3 Å². The predicted molar refractivity (Wildman–Crippen MR) is 73.3 cm³/mol. The minimum absolute atomic E-state index is 0.126. The molecule has 1 unspecified atom stereocenters. The third-order valence-electron chi connectivity index (χ3n) is 3.47. The van der Waals surface area contributed by atoms with E-state index in [9.17, 15) is 0 Å². The van der Waals surface area contributed by atoms with Crippen LogP contribution in [0.15, 0.2) is 24.3 Å². The van der Waals surface area contributed by atoms with Crippen molar-refractivity contribution in [3.05, 3.63) is 29.8 Å². The third kappa shape index (κ3) is 2.79. The van der Waals surface area contributed by atoms with Crippen LogP contribution in [0.25, 0.3) is 0 Å². The molecule has 1 heterocycles. The van der Waals surface area contributed by atoms with E-state index >= 15 is 0 Å². The molecule has 0 bridgehead atoms. The Morgan fingerprint density at radius 2 is 1.82 bits per heavy atom. The van der Waals surface area contributed by atoms with Crippen LogP contribution in [0.3, 0.4) is 0 Å². The van der Waals surface area contributed by atoms with Gasteiger partial charge in [0.25, 0.3) is 0 Å². The summed E-state index contributed by atoms with van der Waals surface area (Å²) in [5, 5.41) is 3.38. The summed E-state index contributed by atoms with van der Waals surface area (Å²) in [7, 11) is 0. The zero-order valence-corrected chi connectivity index (χ0v) is 10.8. The zero-order valence-electron chi connectivity index (χ0n) is 10.8. The standard InChI is InChI=1S/C14H23N3/c1-11(2)14(15)12-5-3-4-6-13(12)17-9-7-16-8-10-17/h3-6,11,14,16H,7-10,15H2,1-2H3. The molecule has 1 aromatic rings. The van der Waals surface area contributed by atoms with Crippen molar-refractivity contribution in [1.29, 1.82) is 0 Å². The summed E-state index contributed by atoms with van der Waals surface area (Å²) >= 11 is 0. The molecule has 0 radical (unpaired) electrons. The molecular weight excluding hydrogens is 210 g/mol. The van der Waals surface area contributed by atoms with Gasteiger partial charge in [0.1, 0.15) is 0 Å². The lowest BCUT2D eigenvalue weighted by Crippen LogP contribution is -2.44. The number of nitrogens with zero attached hydrogens (tertiary/aromatic N) is 1. The largest absolute Gasteiger partial charge is 0.369 e. The maximum atomic E-state index is 6.30. The smallest absolute Gasteiger partial charge is 0.0415 e. The van der Waals surface area contributed by atoms with E-state index < -0.39 is 0 Å². The van der Waals surface area contributed by atoms with Crippen molar-refractivity contribution in [1.82, 2.24) is 5.32 Å². The Hall–Kier alpha value is -1.06. The first-order valence-corrected chi connectivity index (χ1v) is 6.50. The molecule has 0 spiro atoms. The average molecular weight is 233 g/mol. The lowest BCUT2D eigenvalue weighted by atomic mass is 9.95. The Kier molecular flexibility index (Phi) is 4.02. The van der Waals surface area contributed by atoms with Gasteiger partial charge >= 0.3 is 0 Å². The van der Waals surface area contributed by atoms with E-state index in [-0.39, 0.29) is 6.04 Å². The third-order valence-corrected chi connectivity index (χ3v) is 3.47. The molecular formula is C14H23N3. The van der Waals surface area contributed by atoms with Gasteiger partial charge in [-0.25, -0.2) is 0 Å². The van der Waals surface area contributed by atoms with Gasteiger partial charge in [0.05, 0.1) is 0 Å². The van der Waals surface area contributed by atoms with Crippen molar-refractivity contribution >= 4 is 5.69 Å². The lowest BCUT2D eigenvalue weighted by molar-refractivity contribution is 0.510. The highest BCUT2D eigenvalue weighted by molar-refractivity contribution is 5.55. The van der Waals surface area contributed by atoms with Gasteiger partial charge in [-0.1, -0.05) is 32.0 Å². The number of benzene rings is 1. The summed E-state index contributed by atoms with van der Waals surface area (Å²) in [4.78, 5) is 2.44. The SMILES string of the molecule is CC(C)C(N)c1ccccc1N1CCNCC1. The van der Waals surface area contributed by atoms with Crippen LogP contribution in [0.4, 0.5) is 5.69 Å². The van der Waals surface area contributed by atoms with Crippen LogP contribution in [-0.4, -0.2) is 26.2 Å². The molecule has 0 aromatic heterocycles. The second-order valence-electron chi connectivity index (χ2n) is 5.07. The fraction of sp³-hybridized carbons (Fsp3) is 0.571. The van der Waals surface area contributed by atoms with Crippen LogP contribution in [0.2, 0.25) is 0 Å². The van der Waals surface area contributed by atoms with E-state index in [1.165, 1.54) is 11.3 Å². The highest BCUT2D eigenvalue weighted by Gasteiger charge is 2.18. The molecule has 1 aromatic carbocycles. The molecule has 3 heteroatoms. The van der Waals surface area contributed by atoms with E-state index in [0.29, 0.717) is 5.92 Å². The first-order chi connectivity index (χ1) is 8.20. The van der Waals surface area contributed by atoms with Crippen LogP contribution < -0.4 is 16.0 Å². The van der Waals surface area contributed by atoms with Gasteiger partial charge < -0.3 is 16.0 Å². The van der Waals surface area contributed by atoms with Crippen LogP contribution in [0.5, 0.6) is 0 Å². The van der Waals surface area contributed by atoms with Crippen molar-refractivity contribution in [2.45, 2.75) is 19.9 Å². The van der Waals surface area contributed by atoms with E-state index in [1.807, 2.05) is 0 Å². The molecule has 3 N–H and O–H groups in total. The molecule has 17 heavy (non-hydrogen) atoms. The Balaban J connectivity index is 2.26. The summed E-state index contributed by atoms with van der Waals surface area (Å²) in [6, 6.07) is 8.68. The van der Waals surface area contributed by atoms with E-state index in [1.54, 1.807) is 0 Å². The Labute approximate surface area is 104 Å². The molecule has 0 saturated carbocycles. The molecule has 1 fully saturated rings. The van der Waals surface area contributed by atoms with Gasteiger partial charge in [-0.15, -0.1) is 0 Å². The van der Waals surface area contributed by atoms with Crippen molar-refractivity contribution < 1.29 is 0 Å². The fourth-order valence-corrected chi connectivity index (χ4v) is 2.32. The second kappa shape index (κ2) is 5.52. The minimum atomic E-state index is 0.126. The molecule has 94 valence electrons. The second-order valence-corrected chi connectivity index (χ2v) is 5.07. The monoisotopic (exact) mass is 233 g/mol. The number of anilines is 1. The maximum Gasteiger partial charge on any atom is 0.0415 e. The lowest BCUT2D eigenvalue weighted by Gasteiger charge is -2.33. The summed E-state index contributed by atoms with van der Waals surface area (Å²) in [6.07, 6.45) is 0. The summed E-state index contributed by atoms with van der Waals surface area (Å²) in [5.41, 5.74) is 8.90. The van der Waals surface area contributed by atoms with Crippen LogP contribution >= 0.6 is 0 Å². The van der Waals surface area contributed by atoms with Crippen LogP contribution in [0.1, 0.15) is 25.5 Å². The Morgan fingerprint density at radius 3 is 2.47 bits per heavy atom. The number of nitrogens with two attached hydrogens (primary N) is 1. The molecule has 0 amide bonds. The first-order valence-electron chi connectivity index (χ1n) is 6.50. The van der Waals surface area contributed by atoms with Gasteiger partial charge in [-0.05, 0) is 17.5 Å². The molecule has 2 rings (SSSR count). The average Bonchev–Trinajstić information content (AvgIpc) is 2.39. The van der Waals surface area contributed by atoms with Gasteiger partial charge in [0.2, 0.25) is 0 Å². The maximum absolute atomic E-state index is 6.30. The van der Waals surface area contributed by atoms with Crippen LogP contribution in [-0.2, 0) is 0 Å². The van der Waals surface area contributed by atoms with Gasteiger partial charge in [0, 0.05) is 37.9 Å². The van der Waals surface area contributed by atoms with Crippen molar-refractivity contribution in [3.8, 4) is 0 Å². The van der Waals surface area contributed by atoms with E-state index in [0.717, 1.165) is 26.2 Å². The molecule has 0 aliphatic carbocycles. The summed E-state index contributed by atoms with van der Waals surface area (Å²) in [6.45, 7) is 8.62. The Morgan fingerprint density at radius 1 is 1.18 bits per heavy atom. The normalized spacial score (nSPS) is 18.5. The van der Waals surface area contributed by atoms with Gasteiger partial charge in [-0.2, -0.15) is 0 Å². The molecule has 1 saturated heterocycles. The van der Waals surface area contributed by atoms with Crippen molar-refractivity contribution in [3.63, 3.8) is 0 Å². The molecule has 1 aliphatic heterocycles. The number of piperazine rings is 1. The number of rotatable bonds is 3. The number of hydrogen-bond donors (Lipinski definition) is 2. The van der Waals surface area contributed by atoms with Gasteiger partial charge in [-0.3, -0.25) is 0 Å².